The Balaban J connectivity index is 1.87. The van der Waals surface area contributed by atoms with Crippen LogP contribution in [0.5, 0.6) is 5.75 Å². The van der Waals surface area contributed by atoms with Crippen LogP contribution in [0, 0.1) is 0 Å². The zero-order valence-corrected chi connectivity index (χ0v) is 13.1. The molecule has 0 aliphatic heterocycles. The molecule has 1 heterocycles. The van der Waals surface area contributed by atoms with Gasteiger partial charge in [-0.05, 0) is 42.5 Å². The van der Waals surface area contributed by atoms with Crippen molar-refractivity contribution in [2.75, 3.05) is 7.11 Å². The molecule has 1 aromatic heterocycles. The van der Waals surface area contributed by atoms with E-state index in [-0.39, 0.29) is 5.78 Å². The van der Waals surface area contributed by atoms with Crippen molar-refractivity contribution in [3.63, 3.8) is 0 Å². The molecule has 0 saturated heterocycles. The number of Topliss-reactive ketones (excluding diaryl/α,β-unsaturated/α-hetero) is 1. The highest BCUT2D eigenvalue weighted by Gasteiger charge is 2.10. The third-order valence-electron chi connectivity index (χ3n) is 3.49. The quantitative estimate of drug-likeness (QED) is 0.661. The molecule has 0 aliphatic carbocycles. The minimum atomic E-state index is 0.0788. The Morgan fingerprint density at radius 1 is 1.14 bits per heavy atom. The standard InChI is InChI=1S/C17H14BrNO2/c1-21-13-7-5-12(6-8-13)17(20)11-19-10-9-14-15(18)3-2-4-16(14)19/h2-10H,11H2,1H3. The van der Waals surface area contributed by atoms with Crippen LogP contribution in [-0.2, 0) is 6.54 Å². The summed E-state index contributed by atoms with van der Waals surface area (Å²) in [5, 5.41) is 1.11. The van der Waals surface area contributed by atoms with Crippen molar-refractivity contribution < 1.29 is 9.53 Å². The first-order valence-electron chi connectivity index (χ1n) is 6.59. The highest BCUT2D eigenvalue weighted by molar-refractivity contribution is 9.10. The molecule has 106 valence electrons. The molecule has 3 rings (SSSR count). The lowest BCUT2D eigenvalue weighted by atomic mass is 10.1. The topological polar surface area (TPSA) is 31.2 Å². The number of hydrogen-bond donors (Lipinski definition) is 0. The molecule has 2 aromatic carbocycles. The first kappa shape index (κ1) is 13.9. The summed E-state index contributed by atoms with van der Waals surface area (Å²) in [6.45, 7) is 0.326. The normalized spacial score (nSPS) is 10.8. The predicted molar refractivity (Wildman–Crippen MR) is 87.0 cm³/mol. The molecule has 0 saturated carbocycles. The molecule has 0 atom stereocenters. The Bertz CT molecular complexity index is 790. The number of benzene rings is 2. The Morgan fingerprint density at radius 2 is 1.90 bits per heavy atom. The van der Waals surface area contributed by atoms with Crippen LogP contribution in [-0.4, -0.2) is 17.5 Å². The fourth-order valence-electron chi connectivity index (χ4n) is 2.35. The smallest absolute Gasteiger partial charge is 0.182 e. The number of hydrogen-bond acceptors (Lipinski definition) is 2. The van der Waals surface area contributed by atoms with Gasteiger partial charge in [-0.15, -0.1) is 0 Å². The van der Waals surface area contributed by atoms with E-state index in [9.17, 15) is 4.79 Å². The van der Waals surface area contributed by atoms with E-state index in [1.165, 1.54) is 0 Å². The molecule has 0 bridgehead atoms. The Morgan fingerprint density at radius 3 is 2.62 bits per heavy atom. The lowest BCUT2D eigenvalue weighted by molar-refractivity contribution is 0.0973. The maximum Gasteiger partial charge on any atom is 0.182 e. The van der Waals surface area contributed by atoms with E-state index in [0.29, 0.717) is 12.1 Å². The largest absolute Gasteiger partial charge is 0.497 e. The molecule has 4 heteroatoms. The summed E-state index contributed by atoms with van der Waals surface area (Å²) in [5.41, 5.74) is 1.74. The zero-order valence-electron chi connectivity index (χ0n) is 11.5. The molecular formula is C17H14BrNO2. The van der Waals surface area contributed by atoms with Gasteiger partial charge < -0.3 is 9.30 Å². The number of aromatic nitrogens is 1. The Kier molecular flexibility index (Phi) is 3.80. The van der Waals surface area contributed by atoms with Gasteiger partial charge >= 0.3 is 0 Å². The Hall–Kier alpha value is -2.07. The molecule has 0 fully saturated rings. The van der Waals surface area contributed by atoms with Gasteiger partial charge in [-0.2, -0.15) is 0 Å². The maximum absolute atomic E-state index is 12.4. The van der Waals surface area contributed by atoms with Gasteiger partial charge in [0, 0.05) is 27.1 Å². The summed E-state index contributed by atoms with van der Waals surface area (Å²) >= 11 is 3.53. The number of ketones is 1. The number of fused-ring (bicyclic) bond motifs is 1. The van der Waals surface area contributed by atoms with Gasteiger partial charge in [0.15, 0.2) is 5.78 Å². The van der Waals surface area contributed by atoms with E-state index in [1.54, 1.807) is 31.4 Å². The summed E-state index contributed by atoms with van der Waals surface area (Å²) in [6, 6.07) is 15.2. The number of rotatable bonds is 4. The fraction of sp³-hybridized carbons (Fsp3) is 0.118. The number of carbonyl (C=O) groups excluding carboxylic acids is 1. The van der Waals surface area contributed by atoms with Gasteiger partial charge in [0.2, 0.25) is 0 Å². The lowest BCUT2D eigenvalue weighted by Gasteiger charge is -2.06. The third-order valence-corrected chi connectivity index (χ3v) is 4.18. The third kappa shape index (κ3) is 2.72. The van der Waals surface area contributed by atoms with E-state index in [0.717, 1.165) is 21.1 Å². The van der Waals surface area contributed by atoms with Crippen LogP contribution < -0.4 is 4.74 Å². The van der Waals surface area contributed by atoms with Crippen LogP contribution in [0.3, 0.4) is 0 Å². The van der Waals surface area contributed by atoms with E-state index < -0.39 is 0 Å². The minimum absolute atomic E-state index is 0.0788. The summed E-state index contributed by atoms with van der Waals surface area (Å²) < 4.78 is 8.11. The predicted octanol–water partition coefficient (Wildman–Crippen LogP) is 4.30. The maximum atomic E-state index is 12.4. The first-order valence-corrected chi connectivity index (χ1v) is 7.39. The van der Waals surface area contributed by atoms with E-state index >= 15 is 0 Å². The van der Waals surface area contributed by atoms with Crippen LogP contribution in [0.4, 0.5) is 0 Å². The van der Waals surface area contributed by atoms with E-state index in [2.05, 4.69) is 15.9 Å². The highest BCUT2D eigenvalue weighted by Crippen LogP contribution is 2.25. The number of halogens is 1. The molecular weight excluding hydrogens is 330 g/mol. The van der Waals surface area contributed by atoms with Gasteiger partial charge in [0.1, 0.15) is 5.75 Å². The zero-order chi connectivity index (χ0) is 14.8. The van der Waals surface area contributed by atoms with Crippen LogP contribution >= 0.6 is 15.9 Å². The molecule has 0 spiro atoms. The van der Waals surface area contributed by atoms with Gasteiger partial charge in [0.25, 0.3) is 0 Å². The van der Waals surface area contributed by atoms with Crippen molar-refractivity contribution in [2.45, 2.75) is 6.54 Å². The Labute approximate surface area is 131 Å². The average Bonchev–Trinajstić information content (AvgIpc) is 2.92. The number of ether oxygens (including phenoxy) is 1. The lowest BCUT2D eigenvalue weighted by Crippen LogP contribution is -2.09. The molecule has 0 aliphatic rings. The SMILES string of the molecule is COc1ccc(C(=O)Cn2ccc3c(Br)cccc32)cc1. The molecule has 0 N–H and O–H groups in total. The van der Waals surface area contributed by atoms with E-state index in [1.807, 2.05) is 35.0 Å². The second-order valence-corrected chi connectivity index (χ2v) is 5.62. The molecule has 21 heavy (non-hydrogen) atoms. The van der Waals surface area contributed by atoms with E-state index in [4.69, 9.17) is 4.74 Å². The number of carbonyl (C=O) groups is 1. The van der Waals surface area contributed by atoms with Gasteiger partial charge in [-0.25, -0.2) is 0 Å². The number of nitrogens with zero attached hydrogens (tertiary/aromatic N) is 1. The summed E-state index contributed by atoms with van der Waals surface area (Å²) in [7, 11) is 1.61. The molecule has 0 radical (unpaired) electrons. The second-order valence-electron chi connectivity index (χ2n) is 4.77. The average molecular weight is 344 g/mol. The van der Waals surface area contributed by atoms with Crippen LogP contribution in [0.1, 0.15) is 10.4 Å². The van der Waals surface area contributed by atoms with Gasteiger partial charge in [-0.1, -0.05) is 22.0 Å². The van der Waals surface area contributed by atoms with Crippen molar-refractivity contribution in [2.24, 2.45) is 0 Å². The fourth-order valence-corrected chi connectivity index (χ4v) is 2.83. The second kappa shape index (κ2) is 5.74. The van der Waals surface area contributed by atoms with Crippen LogP contribution in [0.25, 0.3) is 10.9 Å². The van der Waals surface area contributed by atoms with Crippen LogP contribution in [0.15, 0.2) is 59.2 Å². The van der Waals surface area contributed by atoms with Crippen molar-refractivity contribution in [1.29, 1.82) is 0 Å². The summed E-state index contributed by atoms with van der Waals surface area (Å²) in [6.07, 6.45) is 1.94. The van der Waals surface area contributed by atoms with Gasteiger partial charge in [-0.3, -0.25) is 4.79 Å². The molecule has 0 unspecified atom stereocenters. The summed E-state index contributed by atoms with van der Waals surface area (Å²) in [5.74, 6) is 0.831. The van der Waals surface area contributed by atoms with Crippen molar-refractivity contribution in [3.8, 4) is 5.75 Å². The summed E-state index contributed by atoms with van der Waals surface area (Å²) in [4.78, 5) is 12.4. The molecule has 3 nitrogen and oxygen atoms in total. The monoisotopic (exact) mass is 343 g/mol. The van der Waals surface area contributed by atoms with Crippen molar-refractivity contribution in [1.82, 2.24) is 4.57 Å². The van der Waals surface area contributed by atoms with Crippen molar-refractivity contribution >= 4 is 32.6 Å². The highest BCUT2D eigenvalue weighted by atomic mass is 79.9. The number of methoxy groups -OCH3 is 1. The van der Waals surface area contributed by atoms with Crippen LogP contribution in [0.2, 0.25) is 0 Å². The molecule has 3 aromatic rings. The minimum Gasteiger partial charge on any atom is -0.497 e. The molecule has 0 amide bonds. The first-order chi connectivity index (χ1) is 10.2. The van der Waals surface area contributed by atoms with Gasteiger partial charge in [0.05, 0.1) is 13.7 Å². The van der Waals surface area contributed by atoms with Crippen molar-refractivity contribution in [3.05, 3.63) is 64.8 Å².